The Morgan fingerprint density at radius 3 is 2.89 bits per heavy atom. The first-order chi connectivity index (χ1) is 13.1. The number of ether oxygens (including phenoxy) is 2. The summed E-state index contributed by atoms with van der Waals surface area (Å²) >= 11 is 0. The van der Waals surface area contributed by atoms with E-state index in [0.29, 0.717) is 36.7 Å². The number of aryl methyl sites for hydroxylation is 1. The van der Waals surface area contributed by atoms with Crippen molar-refractivity contribution >= 4 is 23.2 Å². The van der Waals surface area contributed by atoms with E-state index in [0.717, 1.165) is 17.7 Å². The molecule has 2 aromatic carbocycles. The first-order valence-corrected chi connectivity index (χ1v) is 9.13. The molecule has 0 fully saturated rings. The van der Waals surface area contributed by atoms with Crippen LogP contribution in [-0.2, 0) is 9.59 Å². The second-order valence-corrected chi connectivity index (χ2v) is 6.48. The van der Waals surface area contributed by atoms with Crippen LogP contribution in [0.1, 0.15) is 25.3 Å². The van der Waals surface area contributed by atoms with E-state index in [9.17, 15) is 9.59 Å². The number of nitrogens with zero attached hydrogens (tertiary/aromatic N) is 1. The van der Waals surface area contributed by atoms with Crippen LogP contribution >= 0.6 is 0 Å². The van der Waals surface area contributed by atoms with Crippen LogP contribution in [0.3, 0.4) is 0 Å². The summed E-state index contributed by atoms with van der Waals surface area (Å²) in [5.74, 6) is 1.22. The Kier molecular flexibility index (Phi) is 5.96. The molecule has 0 saturated heterocycles. The smallest absolute Gasteiger partial charge is 0.265 e. The van der Waals surface area contributed by atoms with Crippen molar-refractivity contribution in [3.8, 4) is 11.5 Å². The molecule has 0 spiro atoms. The van der Waals surface area contributed by atoms with Crippen molar-refractivity contribution in [2.45, 2.75) is 26.7 Å². The van der Waals surface area contributed by atoms with Gasteiger partial charge in [0.1, 0.15) is 18.1 Å². The SMILES string of the molecule is CCCC(=O)Nc1ccc2c(c1)N(CCOc1cccc(C)c1)C(=O)CO2. The van der Waals surface area contributed by atoms with Crippen LogP contribution in [0.15, 0.2) is 42.5 Å². The number of rotatable bonds is 7. The highest BCUT2D eigenvalue weighted by molar-refractivity contribution is 5.99. The second-order valence-electron chi connectivity index (χ2n) is 6.48. The van der Waals surface area contributed by atoms with Crippen LogP contribution in [0, 0.1) is 6.92 Å². The van der Waals surface area contributed by atoms with E-state index in [4.69, 9.17) is 9.47 Å². The lowest BCUT2D eigenvalue weighted by Gasteiger charge is -2.29. The van der Waals surface area contributed by atoms with Gasteiger partial charge < -0.3 is 19.7 Å². The fourth-order valence-corrected chi connectivity index (χ4v) is 2.94. The molecule has 6 heteroatoms. The van der Waals surface area contributed by atoms with Gasteiger partial charge in [0, 0.05) is 12.1 Å². The van der Waals surface area contributed by atoms with Gasteiger partial charge in [0.2, 0.25) is 5.91 Å². The number of benzene rings is 2. The van der Waals surface area contributed by atoms with Crippen LogP contribution in [-0.4, -0.2) is 31.6 Å². The lowest BCUT2D eigenvalue weighted by Crippen LogP contribution is -2.41. The molecule has 142 valence electrons. The minimum atomic E-state index is -0.132. The molecule has 1 N–H and O–H groups in total. The molecule has 0 saturated carbocycles. The zero-order valence-corrected chi connectivity index (χ0v) is 15.7. The Balaban J connectivity index is 1.70. The van der Waals surface area contributed by atoms with Crippen LogP contribution in [0.4, 0.5) is 11.4 Å². The highest BCUT2D eigenvalue weighted by Gasteiger charge is 2.26. The Hall–Kier alpha value is -3.02. The third-order valence-corrected chi connectivity index (χ3v) is 4.24. The maximum atomic E-state index is 12.3. The van der Waals surface area contributed by atoms with E-state index in [-0.39, 0.29) is 18.4 Å². The minimum Gasteiger partial charge on any atom is -0.492 e. The number of amides is 2. The standard InChI is InChI=1S/C21H24N2O4/c1-3-5-20(24)22-16-8-9-19-18(13-16)23(21(25)14-27-19)10-11-26-17-7-4-6-15(2)12-17/h4,6-9,12-13H,3,5,10-11,14H2,1-2H3,(H,22,24). The molecule has 1 aliphatic rings. The van der Waals surface area contributed by atoms with Crippen molar-refractivity contribution < 1.29 is 19.1 Å². The van der Waals surface area contributed by atoms with Gasteiger partial charge in [0.25, 0.3) is 5.91 Å². The van der Waals surface area contributed by atoms with E-state index in [2.05, 4.69) is 5.32 Å². The molecule has 0 unspecified atom stereocenters. The minimum absolute atomic E-state index is 0.00101. The molecule has 27 heavy (non-hydrogen) atoms. The molecule has 2 aromatic rings. The first kappa shape index (κ1) is 18.8. The number of anilines is 2. The number of hydrogen-bond acceptors (Lipinski definition) is 4. The molecule has 0 aromatic heterocycles. The maximum absolute atomic E-state index is 12.3. The summed E-state index contributed by atoms with van der Waals surface area (Å²) in [6.07, 6.45) is 1.24. The largest absolute Gasteiger partial charge is 0.492 e. The molecule has 2 amide bonds. The predicted octanol–water partition coefficient (Wildman–Crippen LogP) is 3.54. The molecule has 0 radical (unpaired) electrons. The van der Waals surface area contributed by atoms with Crippen LogP contribution in [0.5, 0.6) is 11.5 Å². The lowest BCUT2D eigenvalue weighted by atomic mass is 10.2. The summed E-state index contributed by atoms with van der Waals surface area (Å²) in [5, 5.41) is 2.85. The van der Waals surface area contributed by atoms with Gasteiger partial charge in [-0.3, -0.25) is 9.59 Å². The van der Waals surface area contributed by atoms with Gasteiger partial charge in [0.05, 0.1) is 12.2 Å². The van der Waals surface area contributed by atoms with Gasteiger partial charge >= 0.3 is 0 Å². The van der Waals surface area contributed by atoms with Crippen molar-refractivity contribution in [2.75, 3.05) is 30.0 Å². The number of fused-ring (bicyclic) bond motifs is 1. The molecule has 1 heterocycles. The first-order valence-electron chi connectivity index (χ1n) is 9.13. The number of hydrogen-bond donors (Lipinski definition) is 1. The normalized spacial score (nSPS) is 13.0. The fraction of sp³-hybridized carbons (Fsp3) is 0.333. The number of carbonyl (C=O) groups is 2. The zero-order chi connectivity index (χ0) is 19.2. The Bertz CT molecular complexity index is 835. The summed E-state index contributed by atoms with van der Waals surface area (Å²) in [4.78, 5) is 25.8. The molecule has 0 atom stereocenters. The molecule has 0 aliphatic carbocycles. The highest BCUT2D eigenvalue weighted by Crippen LogP contribution is 2.34. The summed E-state index contributed by atoms with van der Waals surface area (Å²) in [6.45, 7) is 4.72. The second kappa shape index (κ2) is 8.58. The maximum Gasteiger partial charge on any atom is 0.265 e. The topological polar surface area (TPSA) is 67.9 Å². The van der Waals surface area contributed by atoms with Gasteiger partial charge in [0.15, 0.2) is 6.61 Å². The molecular formula is C21H24N2O4. The molecule has 6 nitrogen and oxygen atoms in total. The van der Waals surface area contributed by atoms with E-state index in [1.54, 1.807) is 23.1 Å². The summed E-state index contributed by atoms with van der Waals surface area (Å²) in [5.41, 5.74) is 2.41. The fourth-order valence-electron chi connectivity index (χ4n) is 2.94. The third kappa shape index (κ3) is 4.78. The van der Waals surface area contributed by atoms with Gasteiger partial charge in [-0.15, -0.1) is 0 Å². The molecular weight excluding hydrogens is 344 g/mol. The van der Waals surface area contributed by atoms with Crippen molar-refractivity contribution in [3.05, 3.63) is 48.0 Å². The highest BCUT2D eigenvalue weighted by atomic mass is 16.5. The van der Waals surface area contributed by atoms with E-state index >= 15 is 0 Å². The quantitative estimate of drug-likeness (QED) is 0.812. The van der Waals surface area contributed by atoms with E-state index in [1.807, 2.05) is 38.1 Å². The lowest BCUT2D eigenvalue weighted by molar-refractivity contribution is -0.121. The molecule has 1 aliphatic heterocycles. The summed E-state index contributed by atoms with van der Waals surface area (Å²) in [6, 6.07) is 13.1. The average molecular weight is 368 g/mol. The van der Waals surface area contributed by atoms with E-state index < -0.39 is 0 Å². The number of carbonyl (C=O) groups excluding carboxylic acids is 2. The number of nitrogens with one attached hydrogen (secondary N) is 1. The monoisotopic (exact) mass is 368 g/mol. The summed E-state index contributed by atoms with van der Waals surface area (Å²) in [7, 11) is 0. The molecule has 0 bridgehead atoms. The zero-order valence-electron chi connectivity index (χ0n) is 15.7. The predicted molar refractivity (Wildman–Crippen MR) is 105 cm³/mol. The van der Waals surface area contributed by atoms with Crippen LogP contribution in [0.25, 0.3) is 0 Å². The van der Waals surface area contributed by atoms with Gasteiger partial charge in [-0.2, -0.15) is 0 Å². The van der Waals surface area contributed by atoms with Crippen LogP contribution in [0.2, 0.25) is 0 Å². The Morgan fingerprint density at radius 1 is 1.26 bits per heavy atom. The molecule has 3 rings (SSSR count). The Labute approximate surface area is 159 Å². The Morgan fingerprint density at radius 2 is 2.11 bits per heavy atom. The van der Waals surface area contributed by atoms with E-state index in [1.165, 1.54) is 0 Å². The van der Waals surface area contributed by atoms with Crippen molar-refractivity contribution in [1.82, 2.24) is 0 Å². The van der Waals surface area contributed by atoms with Gasteiger partial charge in [-0.25, -0.2) is 0 Å². The van der Waals surface area contributed by atoms with Crippen LogP contribution < -0.4 is 19.7 Å². The van der Waals surface area contributed by atoms with Gasteiger partial charge in [-0.05, 0) is 49.2 Å². The van der Waals surface area contributed by atoms with Crippen molar-refractivity contribution in [1.29, 1.82) is 0 Å². The van der Waals surface area contributed by atoms with Gasteiger partial charge in [-0.1, -0.05) is 19.1 Å². The van der Waals surface area contributed by atoms with Crippen molar-refractivity contribution in [2.24, 2.45) is 0 Å². The summed E-state index contributed by atoms with van der Waals surface area (Å²) < 4.78 is 11.3. The average Bonchev–Trinajstić information content (AvgIpc) is 2.64. The van der Waals surface area contributed by atoms with Crippen molar-refractivity contribution in [3.63, 3.8) is 0 Å². The third-order valence-electron chi connectivity index (χ3n) is 4.24.